The molecule has 0 aromatic rings. The van der Waals surface area contributed by atoms with Gasteiger partial charge in [-0.15, -0.1) is 0 Å². The molecule has 0 bridgehead atoms. The first-order valence-electron chi connectivity index (χ1n) is 4.83. The van der Waals surface area contributed by atoms with Crippen molar-refractivity contribution in [3.63, 3.8) is 0 Å². The van der Waals surface area contributed by atoms with Gasteiger partial charge in [0.15, 0.2) is 0 Å². The van der Waals surface area contributed by atoms with Crippen LogP contribution in [0, 0.1) is 5.92 Å². The van der Waals surface area contributed by atoms with E-state index in [1.54, 1.807) is 6.92 Å². The van der Waals surface area contributed by atoms with Crippen molar-refractivity contribution in [1.29, 1.82) is 0 Å². The quantitative estimate of drug-likeness (QED) is 0.516. The Morgan fingerprint density at radius 1 is 1.41 bits per heavy atom. The van der Waals surface area contributed by atoms with E-state index in [0.29, 0.717) is 0 Å². The van der Waals surface area contributed by atoms with Crippen LogP contribution in [0.5, 0.6) is 0 Å². The van der Waals surface area contributed by atoms with Gasteiger partial charge in [-0.1, -0.05) is 6.92 Å². The molecule has 0 amide bonds. The molecule has 0 radical (unpaired) electrons. The van der Waals surface area contributed by atoms with Gasteiger partial charge in [0.05, 0.1) is 19.6 Å². The number of alkyl halides is 3. The maximum Gasteiger partial charge on any atom is 0.411 e. The second-order valence-corrected chi connectivity index (χ2v) is 5.02. The van der Waals surface area contributed by atoms with E-state index in [-0.39, 0.29) is 18.1 Å². The summed E-state index contributed by atoms with van der Waals surface area (Å²) in [6.45, 7) is -0.0585. The normalized spacial score (nSPS) is 15.4. The molecule has 2 unspecified atom stereocenters. The molecule has 8 heteroatoms. The zero-order chi connectivity index (χ0) is 13.5. The monoisotopic (exact) mass is 276 g/mol. The van der Waals surface area contributed by atoms with E-state index in [1.165, 1.54) is 7.11 Å². The van der Waals surface area contributed by atoms with Gasteiger partial charge in [0.1, 0.15) is 6.61 Å². The van der Waals surface area contributed by atoms with Gasteiger partial charge in [0, 0.05) is 22.3 Å². The Bertz CT molecular complexity index is 267. The topological polar surface area (TPSA) is 52.6 Å². The fourth-order valence-electron chi connectivity index (χ4n) is 0.971. The molecular weight excluding hydrogens is 261 g/mol. The summed E-state index contributed by atoms with van der Waals surface area (Å²) in [5.41, 5.74) is 0. The van der Waals surface area contributed by atoms with Crippen molar-refractivity contribution in [2.45, 2.75) is 13.1 Å². The SMILES string of the molecule is COC(=O)C(C)CS(=O)CCOCC(F)(F)F. The Morgan fingerprint density at radius 3 is 2.47 bits per heavy atom. The highest BCUT2D eigenvalue weighted by molar-refractivity contribution is 7.85. The number of hydrogen-bond acceptors (Lipinski definition) is 4. The number of ether oxygens (including phenoxy) is 2. The fraction of sp³-hybridized carbons (Fsp3) is 0.889. The molecule has 0 aromatic carbocycles. The molecule has 0 N–H and O–H groups in total. The minimum atomic E-state index is -4.37. The lowest BCUT2D eigenvalue weighted by Crippen LogP contribution is -2.23. The Kier molecular flexibility index (Phi) is 7.37. The Labute approximate surface area is 99.9 Å². The number of hydrogen-bond donors (Lipinski definition) is 0. The summed E-state index contributed by atoms with van der Waals surface area (Å²) in [4.78, 5) is 11.0. The van der Waals surface area contributed by atoms with Gasteiger partial charge in [-0.05, 0) is 0 Å². The molecule has 0 heterocycles. The number of carbonyl (C=O) groups is 1. The second-order valence-electron chi connectivity index (χ2n) is 3.40. The van der Waals surface area contributed by atoms with E-state index in [4.69, 9.17) is 0 Å². The van der Waals surface area contributed by atoms with Gasteiger partial charge < -0.3 is 9.47 Å². The standard InChI is InChI=1S/C9H15F3O4S/c1-7(8(13)15-2)5-17(14)4-3-16-6-9(10,11)12/h7H,3-6H2,1-2H3. The molecule has 0 rings (SSSR count). The van der Waals surface area contributed by atoms with Crippen molar-refractivity contribution >= 4 is 16.8 Å². The highest BCUT2D eigenvalue weighted by atomic mass is 32.2. The lowest BCUT2D eigenvalue weighted by atomic mass is 10.2. The molecule has 0 aliphatic rings. The third-order valence-electron chi connectivity index (χ3n) is 1.76. The predicted molar refractivity (Wildman–Crippen MR) is 55.9 cm³/mol. The zero-order valence-electron chi connectivity index (χ0n) is 9.58. The van der Waals surface area contributed by atoms with E-state index >= 15 is 0 Å². The summed E-state index contributed by atoms with van der Waals surface area (Å²) in [5, 5.41) is 0. The zero-order valence-corrected chi connectivity index (χ0v) is 10.4. The number of methoxy groups -OCH3 is 1. The third kappa shape index (κ3) is 9.11. The van der Waals surface area contributed by atoms with Crippen LogP contribution >= 0.6 is 0 Å². The van der Waals surface area contributed by atoms with Crippen molar-refractivity contribution < 1.29 is 31.6 Å². The van der Waals surface area contributed by atoms with Crippen LogP contribution in [0.1, 0.15) is 6.92 Å². The first kappa shape index (κ1) is 16.4. The van der Waals surface area contributed by atoms with Gasteiger partial charge in [-0.2, -0.15) is 13.2 Å². The first-order chi connectivity index (χ1) is 7.76. The summed E-state index contributed by atoms with van der Waals surface area (Å²) in [5.74, 6) is -1.00. The minimum absolute atomic E-state index is 0.0303. The van der Waals surface area contributed by atoms with Gasteiger partial charge >= 0.3 is 12.1 Å². The average Bonchev–Trinajstić information content (AvgIpc) is 2.21. The Balaban J connectivity index is 3.70. The van der Waals surface area contributed by atoms with Crippen LogP contribution in [0.25, 0.3) is 0 Å². The van der Waals surface area contributed by atoms with Crippen LogP contribution in [-0.4, -0.2) is 48.2 Å². The van der Waals surface area contributed by atoms with Crippen LogP contribution in [0.4, 0.5) is 13.2 Å². The van der Waals surface area contributed by atoms with E-state index < -0.39 is 35.5 Å². The maximum atomic E-state index is 11.7. The van der Waals surface area contributed by atoms with Gasteiger partial charge in [-0.25, -0.2) is 0 Å². The second kappa shape index (κ2) is 7.65. The lowest BCUT2D eigenvalue weighted by Gasteiger charge is -2.10. The largest absolute Gasteiger partial charge is 0.469 e. The summed E-state index contributed by atoms with van der Waals surface area (Å²) < 4.78 is 55.1. The van der Waals surface area contributed by atoms with Crippen LogP contribution < -0.4 is 0 Å². The number of rotatable bonds is 7. The van der Waals surface area contributed by atoms with Crippen molar-refractivity contribution in [3.05, 3.63) is 0 Å². The van der Waals surface area contributed by atoms with E-state index in [2.05, 4.69) is 9.47 Å². The summed E-state index contributed by atoms with van der Waals surface area (Å²) in [6.07, 6.45) is -4.37. The summed E-state index contributed by atoms with van der Waals surface area (Å²) >= 11 is 0. The van der Waals surface area contributed by atoms with Crippen LogP contribution in [0.15, 0.2) is 0 Å². The molecule has 0 saturated carbocycles. The maximum absolute atomic E-state index is 11.7. The number of halogens is 3. The minimum Gasteiger partial charge on any atom is -0.469 e. The molecule has 0 spiro atoms. The molecule has 0 fully saturated rings. The Hall–Kier alpha value is -0.630. The molecule has 2 atom stereocenters. The molecule has 0 saturated heterocycles. The highest BCUT2D eigenvalue weighted by Crippen LogP contribution is 2.14. The van der Waals surface area contributed by atoms with Crippen LogP contribution in [0.3, 0.4) is 0 Å². The van der Waals surface area contributed by atoms with Crippen LogP contribution in [0.2, 0.25) is 0 Å². The van der Waals surface area contributed by atoms with Gasteiger partial charge in [0.25, 0.3) is 0 Å². The summed E-state index contributed by atoms with van der Waals surface area (Å²) in [6, 6.07) is 0. The van der Waals surface area contributed by atoms with Gasteiger partial charge in [-0.3, -0.25) is 9.00 Å². The first-order valence-corrected chi connectivity index (χ1v) is 6.32. The number of esters is 1. The van der Waals surface area contributed by atoms with Crippen molar-refractivity contribution in [1.82, 2.24) is 0 Å². The summed E-state index contributed by atoms with van der Waals surface area (Å²) in [7, 11) is -0.177. The molecule has 17 heavy (non-hydrogen) atoms. The molecule has 0 aliphatic heterocycles. The molecule has 4 nitrogen and oxygen atoms in total. The highest BCUT2D eigenvalue weighted by Gasteiger charge is 2.27. The predicted octanol–water partition coefficient (Wildman–Crippen LogP) is 1.12. The van der Waals surface area contributed by atoms with Crippen molar-refractivity contribution in [2.75, 3.05) is 31.8 Å². The van der Waals surface area contributed by atoms with E-state index in [1.807, 2.05) is 0 Å². The van der Waals surface area contributed by atoms with Crippen molar-refractivity contribution in [3.8, 4) is 0 Å². The third-order valence-corrected chi connectivity index (χ3v) is 3.25. The molecule has 0 aliphatic carbocycles. The molecule has 102 valence electrons. The average molecular weight is 276 g/mol. The van der Waals surface area contributed by atoms with Crippen LogP contribution in [-0.2, 0) is 25.1 Å². The fourth-order valence-corrected chi connectivity index (χ4v) is 2.14. The number of carbonyl (C=O) groups excluding carboxylic acids is 1. The van der Waals surface area contributed by atoms with E-state index in [9.17, 15) is 22.2 Å². The van der Waals surface area contributed by atoms with E-state index in [0.717, 1.165) is 0 Å². The lowest BCUT2D eigenvalue weighted by molar-refractivity contribution is -0.172. The van der Waals surface area contributed by atoms with Crippen molar-refractivity contribution in [2.24, 2.45) is 5.92 Å². The Morgan fingerprint density at radius 2 is 2.00 bits per heavy atom. The molecule has 0 aromatic heterocycles. The smallest absolute Gasteiger partial charge is 0.411 e. The molecular formula is C9H15F3O4S. The van der Waals surface area contributed by atoms with Gasteiger partial charge in [0.2, 0.25) is 0 Å².